The van der Waals surface area contributed by atoms with Crippen molar-refractivity contribution >= 4 is 29.9 Å². The van der Waals surface area contributed by atoms with Crippen LogP contribution in [0.15, 0.2) is 47.5 Å². The van der Waals surface area contributed by atoms with E-state index in [1.165, 1.54) is 5.56 Å². The molecule has 0 radical (unpaired) electrons. The van der Waals surface area contributed by atoms with Crippen molar-refractivity contribution in [1.29, 1.82) is 0 Å². The summed E-state index contributed by atoms with van der Waals surface area (Å²) in [6, 6.07) is 15.4. The molecule has 1 saturated heterocycles. The van der Waals surface area contributed by atoms with E-state index in [4.69, 9.17) is 14.2 Å². The molecule has 3 rings (SSSR count). The molecule has 32 heavy (non-hydrogen) atoms. The predicted octanol–water partition coefficient (Wildman–Crippen LogP) is 3.66. The Labute approximate surface area is 208 Å². The Morgan fingerprint density at radius 2 is 1.69 bits per heavy atom. The highest BCUT2D eigenvalue weighted by molar-refractivity contribution is 14.0. The van der Waals surface area contributed by atoms with Crippen LogP contribution in [0.2, 0.25) is 0 Å². The Hall–Kier alpha value is -2.20. The van der Waals surface area contributed by atoms with Gasteiger partial charge in [0.2, 0.25) is 5.75 Å². The van der Waals surface area contributed by atoms with Crippen molar-refractivity contribution in [2.45, 2.75) is 38.5 Å². The molecule has 2 aromatic rings. The standard InChI is InChI=1S/C24H34N4O3.HI/c1-17-11-20(16-28(17)15-18-9-7-6-8-10-18)27-24(25-2)26-14-19-12-21(29-3)23(31-5)22(13-19)30-4;/h6-10,12-13,17,20H,11,14-16H2,1-5H3,(H2,25,26,27);1H. The summed E-state index contributed by atoms with van der Waals surface area (Å²) in [5, 5.41) is 6.97. The number of rotatable bonds is 8. The molecule has 0 aromatic heterocycles. The van der Waals surface area contributed by atoms with Crippen molar-refractivity contribution < 1.29 is 14.2 Å². The second kappa shape index (κ2) is 12.7. The zero-order valence-corrected chi connectivity index (χ0v) is 21.9. The number of guanidine groups is 1. The number of nitrogens with zero attached hydrogens (tertiary/aromatic N) is 2. The maximum Gasteiger partial charge on any atom is 0.203 e. The average molecular weight is 554 g/mol. The number of aliphatic imine (C=N–C) groups is 1. The van der Waals surface area contributed by atoms with Crippen LogP contribution in [0.1, 0.15) is 24.5 Å². The third-order valence-electron chi connectivity index (χ3n) is 5.68. The molecule has 0 spiro atoms. The molecule has 0 bridgehead atoms. The lowest BCUT2D eigenvalue weighted by molar-refractivity contribution is 0.258. The van der Waals surface area contributed by atoms with Gasteiger partial charge in [0, 0.05) is 38.8 Å². The molecule has 0 amide bonds. The molecule has 2 unspecified atom stereocenters. The zero-order valence-electron chi connectivity index (χ0n) is 19.6. The summed E-state index contributed by atoms with van der Waals surface area (Å²) >= 11 is 0. The first kappa shape index (κ1) is 26.1. The van der Waals surface area contributed by atoms with Crippen LogP contribution >= 0.6 is 24.0 Å². The molecule has 8 heteroatoms. The van der Waals surface area contributed by atoms with Crippen LogP contribution in [0.5, 0.6) is 17.2 Å². The van der Waals surface area contributed by atoms with Gasteiger partial charge in [-0.15, -0.1) is 24.0 Å². The van der Waals surface area contributed by atoms with Crippen LogP contribution in [0.3, 0.4) is 0 Å². The lowest BCUT2D eigenvalue weighted by Gasteiger charge is -2.21. The number of nitrogens with one attached hydrogen (secondary N) is 2. The molecule has 7 nitrogen and oxygen atoms in total. The van der Waals surface area contributed by atoms with Crippen LogP contribution in [-0.2, 0) is 13.1 Å². The first-order valence-corrected chi connectivity index (χ1v) is 10.6. The minimum absolute atomic E-state index is 0. The van der Waals surface area contributed by atoms with Crippen molar-refractivity contribution in [3.63, 3.8) is 0 Å². The molecule has 176 valence electrons. The van der Waals surface area contributed by atoms with E-state index in [-0.39, 0.29) is 24.0 Å². The first-order valence-electron chi connectivity index (χ1n) is 10.6. The number of benzene rings is 2. The molecule has 2 N–H and O–H groups in total. The van der Waals surface area contributed by atoms with Gasteiger partial charge in [-0.3, -0.25) is 9.89 Å². The SMILES string of the molecule is CN=C(NCc1cc(OC)c(OC)c(OC)c1)NC1CC(C)N(Cc2ccccc2)C1.I. The highest BCUT2D eigenvalue weighted by atomic mass is 127. The number of methoxy groups -OCH3 is 3. The fraction of sp³-hybridized carbons (Fsp3) is 0.458. The van der Waals surface area contributed by atoms with Crippen molar-refractivity contribution in [2.75, 3.05) is 34.9 Å². The van der Waals surface area contributed by atoms with Gasteiger partial charge in [-0.25, -0.2) is 0 Å². The Morgan fingerprint density at radius 1 is 1.03 bits per heavy atom. The minimum Gasteiger partial charge on any atom is -0.493 e. The van der Waals surface area contributed by atoms with E-state index in [1.54, 1.807) is 28.4 Å². The molecule has 0 saturated carbocycles. The summed E-state index contributed by atoms with van der Waals surface area (Å²) in [5.41, 5.74) is 2.36. The van der Waals surface area contributed by atoms with Gasteiger partial charge in [0.25, 0.3) is 0 Å². The molecule has 1 aliphatic heterocycles. The minimum atomic E-state index is 0. The van der Waals surface area contributed by atoms with Crippen molar-refractivity contribution in [1.82, 2.24) is 15.5 Å². The van der Waals surface area contributed by atoms with E-state index in [0.717, 1.165) is 31.0 Å². The lowest BCUT2D eigenvalue weighted by Crippen LogP contribution is -2.44. The van der Waals surface area contributed by atoms with Gasteiger partial charge in [0.1, 0.15) is 0 Å². The van der Waals surface area contributed by atoms with Crippen molar-refractivity contribution in [3.8, 4) is 17.2 Å². The number of ether oxygens (including phenoxy) is 3. The van der Waals surface area contributed by atoms with E-state index >= 15 is 0 Å². The van der Waals surface area contributed by atoms with Crippen LogP contribution in [-0.4, -0.2) is 57.9 Å². The second-order valence-electron chi connectivity index (χ2n) is 7.80. The molecule has 1 heterocycles. The third kappa shape index (κ3) is 6.65. The highest BCUT2D eigenvalue weighted by Crippen LogP contribution is 2.38. The van der Waals surface area contributed by atoms with E-state index < -0.39 is 0 Å². The maximum atomic E-state index is 5.45. The van der Waals surface area contributed by atoms with E-state index in [1.807, 2.05) is 12.1 Å². The summed E-state index contributed by atoms with van der Waals surface area (Å²) in [5.74, 6) is 2.66. The predicted molar refractivity (Wildman–Crippen MR) is 140 cm³/mol. The first-order chi connectivity index (χ1) is 15.1. The molecule has 2 atom stereocenters. The number of hydrogen-bond acceptors (Lipinski definition) is 5. The van der Waals surface area contributed by atoms with Gasteiger partial charge >= 0.3 is 0 Å². The van der Waals surface area contributed by atoms with E-state index in [9.17, 15) is 0 Å². The highest BCUT2D eigenvalue weighted by Gasteiger charge is 2.29. The van der Waals surface area contributed by atoms with Gasteiger partial charge in [-0.1, -0.05) is 30.3 Å². The summed E-state index contributed by atoms with van der Waals surface area (Å²) in [4.78, 5) is 6.92. The summed E-state index contributed by atoms with van der Waals surface area (Å²) in [7, 11) is 6.65. The Kier molecular flexibility index (Phi) is 10.4. The molecule has 1 fully saturated rings. The Bertz CT molecular complexity index is 854. The van der Waals surface area contributed by atoms with Crippen LogP contribution in [0.4, 0.5) is 0 Å². The summed E-state index contributed by atoms with van der Waals surface area (Å²) < 4.78 is 16.3. The van der Waals surface area contributed by atoms with Crippen molar-refractivity contribution in [3.05, 3.63) is 53.6 Å². The van der Waals surface area contributed by atoms with Crippen LogP contribution < -0.4 is 24.8 Å². The Balaban J connectivity index is 0.00000363. The fourth-order valence-corrected chi connectivity index (χ4v) is 4.05. The average Bonchev–Trinajstić information content (AvgIpc) is 3.14. The maximum absolute atomic E-state index is 5.45. The third-order valence-corrected chi connectivity index (χ3v) is 5.68. The fourth-order valence-electron chi connectivity index (χ4n) is 4.05. The molecule has 0 aliphatic carbocycles. The largest absolute Gasteiger partial charge is 0.493 e. The van der Waals surface area contributed by atoms with Crippen LogP contribution in [0.25, 0.3) is 0 Å². The smallest absolute Gasteiger partial charge is 0.203 e. The number of hydrogen-bond donors (Lipinski definition) is 2. The molecule has 1 aliphatic rings. The van der Waals surface area contributed by atoms with Crippen LogP contribution in [0, 0.1) is 0 Å². The Morgan fingerprint density at radius 3 is 2.25 bits per heavy atom. The molecular weight excluding hydrogens is 519 g/mol. The second-order valence-corrected chi connectivity index (χ2v) is 7.80. The van der Waals surface area contributed by atoms with E-state index in [2.05, 4.69) is 57.8 Å². The van der Waals surface area contributed by atoms with Crippen molar-refractivity contribution in [2.24, 2.45) is 4.99 Å². The van der Waals surface area contributed by atoms with Gasteiger partial charge in [-0.2, -0.15) is 0 Å². The monoisotopic (exact) mass is 554 g/mol. The normalized spacial score (nSPS) is 18.6. The van der Waals surface area contributed by atoms with Gasteiger partial charge in [0.15, 0.2) is 17.5 Å². The zero-order chi connectivity index (χ0) is 22.2. The summed E-state index contributed by atoms with van der Waals surface area (Å²) in [6.45, 7) is 4.84. The summed E-state index contributed by atoms with van der Waals surface area (Å²) in [6.07, 6.45) is 1.08. The number of likely N-dealkylation sites (tertiary alicyclic amines) is 1. The molecule has 2 aromatic carbocycles. The quantitative estimate of drug-likeness (QED) is 0.295. The topological polar surface area (TPSA) is 67.4 Å². The van der Waals surface area contributed by atoms with E-state index in [0.29, 0.717) is 35.9 Å². The lowest BCUT2D eigenvalue weighted by atomic mass is 10.1. The van der Waals surface area contributed by atoms with Gasteiger partial charge in [0.05, 0.1) is 21.3 Å². The van der Waals surface area contributed by atoms with Gasteiger partial charge in [-0.05, 0) is 36.6 Å². The molecular formula is C24H35IN4O3. The van der Waals surface area contributed by atoms with Gasteiger partial charge < -0.3 is 24.8 Å². The number of halogens is 1.